The van der Waals surface area contributed by atoms with E-state index >= 15 is 0 Å². The molecule has 0 bridgehead atoms. The first-order chi connectivity index (χ1) is 14.9. The number of hydrogen-bond donors (Lipinski definition) is 1. The molecule has 2 aromatic rings. The summed E-state index contributed by atoms with van der Waals surface area (Å²) in [5.74, 6) is 0.761. The van der Waals surface area contributed by atoms with Crippen molar-refractivity contribution in [2.45, 2.75) is 57.5 Å². The summed E-state index contributed by atoms with van der Waals surface area (Å²) in [7, 11) is 1.77. The largest absolute Gasteiger partial charge is 0.352 e. The van der Waals surface area contributed by atoms with E-state index < -0.39 is 11.7 Å². The van der Waals surface area contributed by atoms with Gasteiger partial charge in [0.05, 0.1) is 18.8 Å². The number of nitrogens with zero attached hydrogens (tertiary/aromatic N) is 5. The van der Waals surface area contributed by atoms with Gasteiger partial charge in [0.25, 0.3) is 5.91 Å². The molecule has 1 saturated heterocycles. The van der Waals surface area contributed by atoms with Gasteiger partial charge in [0.15, 0.2) is 6.10 Å². The second kappa shape index (κ2) is 8.66. The second-order valence-corrected chi connectivity index (χ2v) is 8.61. The first-order valence-corrected chi connectivity index (χ1v) is 10.8. The van der Waals surface area contributed by atoms with Crippen molar-refractivity contribution in [1.82, 2.24) is 29.7 Å². The van der Waals surface area contributed by atoms with Gasteiger partial charge in [0, 0.05) is 57.6 Å². The minimum absolute atomic E-state index is 0.0632. The van der Waals surface area contributed by atoms with E-state index in [9.17, 15) is 9.59 Å². The fourth-order valence-electron chi connectivity index (χ4n) is 4.33. The van der Waals surface area contributed by atoms with Crippen LogP contribution in [0.25, 0.3) is 0 Å². The molecule has 1 N–H and O–H groups in total. The van der Waals surface area contributed by atoms with Crippen LogP contribution in [0.3, 0.4) is 0 Å². The van der Waals surface area contributed by atoms with Crippen molar-refractivity contribution in [2.75, 3.05) is 20.1 Å². The molecule has 4 rings (SSSR count). The third kappa shape index (κ3) is 4.41. The summed E-state index contributed by atoms with van der Waals surface area (Å²) in [6.07, 6.45) is 5.97. The Morgan fingerprint density at radius 3 is 2.71 bits per heavy atom. The zero-order valence-corrected chi connectivity index (χ0v) is 18.3. The van der Waals surface area contributed by atoms with Crippen LogP contribution in [0.4, 0.5) is 4.79 Å². The van der Waals surface area contributed by atoms with Gasteiger partial charge < -0.3 is 24.4 Å². The highest BCUT2D eigenvalue weighted by Gasteiger charge is 2.48. The molecule has 9 heteroatoms. The normalized spacial score (nSPS) is 19.9. The number of likely N-dealkylation sites (N-methyl/N-ethyl adjacent to an activating group) is 1. The van der Waals surface area contributed by atoms with E-state index in [4.69, 9.17) is 4.74 Å². The van der Waals surface area contributed by atoms with Crippen LogP contribution in [0.1, 0.15) is 38.2 Å². The van der Waals surface area contributed by atoms with E-state index in [2.05, 4.69) is 15.3 Å². The SMILES string of the molecule is CC(C)NC(=O)N1CCC2(CC1)OC(C(=O)N(C)Cc1ccccn1)Cn1ccnc12. The Kier molecular flexibility index (Phi) is 5.95. The lowest BCUT2D eigenvalue weighted by Gasteiger charge is -2.46. The van der Waals surface area contributed by atoms with Crippen LogP contribution in [-0.4, -0.2) is 68.6 Å². The lowest BCUT2D eigenvalue weighted by atomic mass is 9.88. The summed E-state index contributed by atoms with van der Waals surface area (Å²) >= 11 is 0. The number of nitrogens with one attached hydrogen (secondary N) is 1. The molecule has 1 spiro atoms. The number of rotatable bonds is 4. The smallest absolute Gasteiger partial charge is 0.317 e. The van der Waals surface area contributed by atoms with Gasteiger partial charge in [-0.25, -0.2) is 9.78 Å². The molecular weight excluding hydrogens is 396 g/mol. The maximum atomic E-state index is 13.2. The predicted octanol–water partition coefficient (Wildman–Crippen LogP) is 1.74. The van der Waals surface area contributed by atoms with Crippen molar-refractivity contribution in [1.29, 1.82) is 0 Å². The monoisotopic (exact) mass is 426 g/mol. The van der Waals surface area contributed by atoms with Gasteiger partial charge in [0.1, 0.15) is 11.4 Å². The molecule has 1 atom stereocenters. The molecule has 4 heterocycles. The number of ether oxygens (including phenoxy) is 1. The lowest BCUT2D eigenvalue weighted by molar-refractivity contribution is -0.179. The van der Waals surface area contributed by atoms with E-state index in [1.54, 1.807) is 29.2 Å². The maximum absolute atomic E-state index is 13.2. The van der Waals surface area contributed by atoms with Crippen LogP contribution in [-0.2, 0) is 28.2 Å². The minimum Gasteiger partial charge on any atom is -0.352 e. The number of urea groups is 1. The quantitative estimate of drug-likeness (QED) is 0.804. The molecule has 1 fully saturated rings. The zero-order valence-electron chi connectivity index (χ0n) is 18.3. The topological polar surface area (TPSA) is 92.6 Å². The number of fused-ring (bicyclic) bond motifs is 2. The van der Waals surface area contributed by atoms with Gasteiger partial charge >= 0.3 is 6.03 Å². The third-order valence-corrected chi connectivity index (χ3v) is 5.90. The maximum Gasteiger partial charge on any atom is 0.317 e. The molecule has 2 aromatic heterocycles. The van der Waals surface area contributed by atoms with Crippen molar-refractivity contribution in [2.24, 2.45) is 0 Å². The van der Waals surface area contributed by atoms with Crippen LogP contribution in [0.2, 0.25) is 0 Å². The summed E-state index contributed by atoms with van der Waals surface area (Å²) in [5.41, 5.74) is 0.166. The van der Waals surface area contributed by atoms with E-state index in [0.717, 1.165) is 11.5 Å². The Morgan fingerprint density at radius 2 is 2.03 bits per heavy atom. The van der Waals surface area contributed by atoms with E-state index in [1.807, 2.05) is 42.8 Å². The highest BCUT2D eigenvalue weighted by Crippen LogP contribution is 2.40. The van der Waals surface area contributed by atoms with Crippen molar-refractivity contribution in [3.8, 4) is 0 Å². The van der Waals surface area contributed by atoms with Crippen LogP contribution in [0.15, 0.2) is 36.8 Å². The number of carbonyl (C=O) groups is 2. The second-order valence-electron chi connectivity index (χ2n) is 8.61. The zero-order chi connectivity index (χ0) is 22.0. The molecule has 1 unspecified atom stereocenters. The number of likely N-dealkylation sites (tertiary alicyclic amines) is 1. The third-order valence-electron chi connectivity index (χ3n) is 5.90. The molecule has 0 radical (unpaired) electrons. The van der Waals surface area contributed by atoms with E-state index in [0.29, 0.717) is 39.0 Å². The van der Waals surface area contributed by atoms with Gasteiger partial charge in [-0.2, -0.15) is 0 Å². The van der Waals surface area contributed by atoms with Crippen molar-refractivity contribution in [3.05, 3.63) is 48.3 Å². The van der Waals surface area contributed by atoms with Crippen LogP contribution >= 0.6 is 0 Å². The average molecular weight is 427 g/mol. The lowest BCUT2D eigenvalue weighted by Crippen LogP contribution is -2.56. The molecule has 166 valence electrons. The Bertz CT molecular complexity index is 920. The van der Waals surface area contributed by atoms with Crippen molar-refractivity contribution >= 4 is 11.9 Å². The number of hydrogen-bond acceptors (Lipinski definition) is 5. The van der Waals surface area contributed by atoms with Crippen LogP contribution < -0.4 is 5.32 Å². The summed E-state index contributed by atoms with van der Waals surface area (Å²) < 4.78 is 8.49. The molecule has 2 aliphatic rings. The van der Waals surface area contributed by atoms with E-state index in [1.165, 1.54) is 0 Å². The van der Waals surface area contributed by atoms with Gasteiger partial charge in [-0.3, -0.25) is 9.78 Å². The number of aromatic nitrogens is 3. The van der Waals surface area contributed by atoms with Gasteiger partial charge in [-0.15, -0.1) is 0 Å². The number of carbonyl (C=O) groups excluding carboxylic acids is 2. The van der Waals surface area contributed by atoms with E-state index in [-0.39, 0.29) is 18.0 Å². The molecule has 31 heavy (non-hydrogen) atoms. The number of pyridine rings is 1. The number of amides is 3. The predicted molar refractivity (Wildman–Crippen MR) is 114 cm³/mol. The first kappa shape index (κ1) is 21.3. The minimum atomic E-state index is -0.664. The molecule has 0 aromatic carbocycles. The summed E-state index contributed by atoms with van der Waals surface area (Å²) in [6, 6.07) is 5.69. The highest BCUT2D eigenvalue weighted by atomic mass is 16.5. The summed E-state index contributed by atoms with van der Waals surface area (Å²) in [4.78, 5) is 37.9. The Balaban J connectivity index is 1.47. The summed E-state index contributed by atoms with van der Waals surface area (Å²) in [6.45, 7) is 5.85. The Hall–Kier alpha value is -2.94. The first-order valence-electron chi connectivity index (χ1n) is 10.8. The van der Waals surface area contributed by atoms with Crippen LogP contribution in [0, 0.1) is 0 Å². The van der Waals surface area contributed by atoms with Gasteiger partial charge in [-0.1, -0.05) is 6.07 Å². The van der Waals surface area contributed by atoms with Crippen molar-refractivity contribution < 1.29 is 14.3 Å². The molecule has 2 aliphatic heterocycles. The fourth-order valence-corrected chi connectivity index (χ4v) is 4.33. The Morgan fingerprint density at radius 1 is 1.26 bits per heavy atom. The number of piperidine rings is 1. The number of imidazole rings is 1. The molecule has 0 aliphatic carbocycles. The molecular formula is C22H30N6O3. The molecule has 3 amide bonds. The van der Waals surface area contributed by atoms with Gasteiger partial charge in [0.2, 0.25) is 0 Å². The van der Waals surface area contributed by atoms with Gasteiger partial charge in [-0.05, 0) is 26.0 Å². The van der Waals surface area contributed by atoms with Crippen molar-refractivity contribution in [3.63, 3.8) is 0 Å². The summed E-state index contributed by atoms with van der Waals surface area (Å²) in [5, 5.41) is 2.94. The highest BCUT2D eigenvalue weighted by molar-refractivity contribution is 5.81. The average Bonchev–Trinajstić information content (AvgIpc) is 3.23. The fraction of sp³-hybridized carbons (Fsp3) is 0.545. The molecule has 0 saturated carbocycles. The molecule has 9 nitrogen and oxygen atoms in total. The van der Waals surface area contributed by atoms with Crippen LogP contribution in [0.5, 0.6) is 0 Å². The standard InChI is InChI=1S/C22H30N6O3/c1-16(2)25-21(30)27-11-7-22(8-12-27)20-24-10-13-28(20)15-18(31-22)19(29)26(3)14-17-6-4-5-9-23-17/h4-6,9-10,13,16,18H,7-8,11-12,14-15H2,1-3H3,(H,25,30). The Labute approximate surface area is 182 Å².